The van der Waals surface area contributed by atoms with Gasteiger partial charge in [0.05, 0.1) is 0 Å². The van der Waals surface area contributed by atoms with Gasteiger partial charge in [0.25, 0.3) is 0 Å². The molecule has 0 aromatic carbocycles. The molecule has 1 N–H and O–H groups in total. The fourth-order valence-electron chi connectivity index (χ4n) is 0.563. The number of halogens is 1. The molecule has 0 spiro atoms. The van der Waals surface area contributed by atoms with E-state index in [0.717, 1.165) is 0 Å². The summed E-state index contributed by atoms with van der Waals surface area (Å²) >= 11 is 3.09. The molecule has 1 unspecified atom stereocenters. The van der Waals surface area contributed by atoms with Gasteiger partial charge in [-0.1, -0.05) is 0 Å². The van der Waals surface area contributed by atoms with Crippen LogP contribution in [0.4, 0.5) is 0 Å². The van der Waals surface area contributed by atoms with E-state index in [1.54, 1.807) is 13.0 Å². The highest BCUT2D eigenvalue weighted by Gasteiger charge is 2.26. The van der Waals surface area contributed by atoms with Crippen LogP contribution in [0.5, 0.6) is 0 Å². The predicted octanol–water partition coefficient (Wildman–Crippen LogP) is 1.35. The van der Waals surface area contributed by atoms with Gasteiger partial charge in [-0.2, -0.15) is 0 Å². The van der Waals surface area contributed by atoms with Crippen LogP contribution in [0, 0.1) is 0 Å². The fraction of sp³-hybridized carbons (Fsp3) is 0.600. The zero-order chi connectivity index (χ0) is 6.20. The standard InChI is InChI=1S/C5H7BrO2/c1-5(7)3-2-4(6)8-5/h2,7H,3H2,1H3. The third kappa shape index (κ3) is 1.23. The summed E-state index contributed by atoms with van der Waals surface area (Å²) in [6.07, 6.45) is 2.35. The Balaban J connectivity index is 2.55. The maximum absolute atomic E-state index is 9.06. The van der Waals surface area contributed by atoms with Crippen molar-refractivity contribution < 1.29 is 9.84 Å². The Morgan fingerprint density at radius 2 is 2.62 bits per heavy atom. The lowest BCUT2D eigenvalue weighted by Crippen LogP contribution is -2.21. The average molecular weight is 179 g/mol. The normalized spacial score (nSPS) is 36.6. The third-order valence-electron chi connectivity index (χ3n) is 0.959. The molecule has 0 aromatic rings. The molecule has 0 radical (unpaired) electrons. The van der Waals surface area contributed by atoms with Crippen LogP contribution in [0.1, 0.15) is 13.3 Å². The summed E-state index contributed by atoms with van der Waals surface area (Å²) in [7, 11) is 0. The molecule has 1 aliphatic rings. The summed E-state index contributed by atoms with van der Waals surface area (Å²) in [6.45, 7) is 1.62. The molecular formula is C5H7BrO2. The number of rotatable bonds is 0. The van der Waals surface area contributed by atoms with Crippen molar-refractivity contribution in [2.24, 2.45) is 0 Å². The van der Waals surface area contributed by atoms with Gasteiger partial charge >= 0.3 is 0 Å². The quantitative estimate of drug-likeness (QED) is 0.608. The van der Waals surface area contributed by atoms with E-state index in [2.05, 4.69) is 15.9 Å². The molecule has 0 bridgehead atoms. The van der Waals surface area contributed by atoms with Gasteiger partial charge < -0.3 is 9.84 Å². The molecule has 0 fully saturated rings. The maximum atomic E-state index is 9.06. The van der Waals surface area contributed by atoms with Crippen LogP contribution >= 0.6 is 15.9 Å². The van der Waals surface area contributed by atoms with Gasteiger partial charge in [-0.3, -0.25) is 0 Å². The van der Waals surface area contributed by atoms with Gasteiger partial charge in [0.15, 0.2) is 4.67 Å². The molecular weight excluding hydrogens is 172 g/mol. The summed E-state index contributed by atoms with van der Waals surface area (Å²) < 4.78 is 5.51. The lowest BCUT2D eigenvalue weighted by atomic mass is 10.2. The lowest BCUT2D eigenvalue weighted by Gasteiger charge is -2.15. The minimum absolute atomic E-state index is 0.563. The minimum Gasteiger partial charge on any atom is -0.456 e. The molecule has 1 atom stereocenters. The van der Waals surface area contributed by atoms with Gasteiger partial charge in [-0.15, -0.1) is 0 Å². The van der Waals surface area contributed by atoms with Crippen LogP contribution < -0.4 is 0 Å². The summed E-state index contributed by atoms with van der Waals surface area (Å²) in [5.74, 6) is -0.973. The van der Waals surface area contributed by atoms with Crippen molar-refractivity contribution in [1.29, 1.82) is 0 Å². The second-order valence-corrected chi connectivity index (χ2v) is 2.77. The Morgan fingerprint density at radius 3 is 2.75 bits per heavy atom. The number of aliphatic hydroxyl groups is 1. The number of hydrogen-bond acceptors (Lipinski definition) is 2. The van der Waals surface area contributed by atoms with E-state index < -0.39 is 5.79 Å². The highest BCUT2D eigenvalue weighted by atomic mass is 79.9. The predicted molar refractivity (Wildman–Crippen MR) is 33.3 cm³/mol. The van der Waals surface area contributed by atoms with Crippen molar-refractivity contribution in [3.05, 3.63) is 10.7 Å². The number of hydrogen-bond donors (Lipinski definition) is 1. The second kappa shape index (κ2) is 1.74. The molecule has 8 heavy (non-hydrogen) atoms. The van der Waals surface area contributed by atoms with Crippen LogP contribution in [0.25, 0.3) is 0 Å². The molecule has 0 saturated heterocycles. The Hall–Kier alpha value is -0.0200. The minimum atomic E-state index is -0.973. The van der Waals surface area contributed by atoms with E-state index in [-0.39, 0.29) is 0 Å². The summed E-state index contributed by atoms with van der Waals surface area (Å²) in [6, 6.07) is 0. The van der Waals surface area contributed by atoms with Crippen molar-refractivity contribution in [1.82, 2.24) is 0 Å². The van der Waals surface area contributed by atoms with Crippen molar-refractivity contribution in [2.45, 2.75) is 19.1 Å². The monoisotopic (exact) mass is 178 g/mol. The summed E-state index contributed by atoms with van der Waals surface area (Å²) in [4.78, 5) is 0. The third-order valence-corrected chi connectivity index (χ3v) is 1.44. The summed E-state index contributed by atoms with van der Waals surface area (Å²) in [5, 5.41) is 9.06. The van der Waals surface area contributed by atoms with E-state index in [1.165, 1.54) is 0 Å². The van der Waals surface area contributed by atoms with Crippen LogP contribution in [0.3, 0.4) is 0 Å². The molecule has 1 rings (SSSR count). The molecule has 0 aliphatic carbocycles. The first-order valence-electron chi connectivity index (χ1n) is 2.37. The van der Waals surface area contributed by atoms with Crippen LogP contribution in [-0.4, -0.2) is 10.9 Å². The van der Waals surface area contributed by atoms with Crippen molar-refractivity contribution >= 4 is 15.9 Å². The van der Waals surface area contributed by atoms with E-state index in [4.69, 9.17) is 9.84 Å². The zero-order valence-corrected chi connectivity index (χ0v) is 6.10. The molecule has 0 aromatic heterocycles. The Morgan fingerprint density at radius 1 is 2.00 bits per heavy atom. The van der Waals surface area contributed by atoms with Gasteiger partial charge in [0, 0.05) is 13.3 Å². The van der Waals surface area contributed by atoms with E-state index >= 15 is 0 Å². The molecule has 46 valence electrons. The molecule has 1 heterocycles. The zero-order valence-electron chi connectivity index (χ0n) is 4.52. The van der Waals surface area contributed by atoms with E-state index in [9.17, 15) is 0 Å². The highest BCUT2D eigenvalue weighted by molar-refractivity contribution is 9.11. The first kappa shape index (κ1) is 6.11. The first-order valence-corrected chi connectivity index (χ1v) is 3.16. The summed E-state index contributed by atoms with van der Waals surface area (Å²) in [5.41, 5.74) is 0. The van der Waals surface area contributed by atoms with Crippen LogP contribution in [0.15, 0.2) is 10.7 Å². The molecule has 1 aliphatic heterocycles. The van der Waals surface area contributed by atoms with Gasteiger partial charge in [0.2, 0.25) is 5.79 Å². The Labute approximate surface area is 56.3 Å². The topological polar surface area (TPSA) is 29.5 Å². The molecule has 0 saturated carbocycles. The second-order valence-electron chi connectivity index (χ2n) is 1.99. The van der Waals surface area contributed by atoms with Gasteiger partial charge in [-0.25, -0.2) is 0 Å². The number of ether oxygens (including phenoxy) is 1. The Bertz CT molecular complexity index is 128. The van der Waals surface area contributed by atoms with Crippen LogP contribution in [-0.2, 0) is 4.74 Å². The smallest absolute Gasteiger partial charge is 0.209 e. The lowest BCUT2D eigenvalue weighted by molar-refractivity contribution is -0.137. The van der Waals surface area contributed by atoms with Gasteiger partial charge in [0.1, 0.15) is 0 Å². The van der Waals surface area contributed by atoms with E-state index in [0.29, 0.717) is 11.1 Å². The first-order chi connectivity index (χ1) is 3.60. The van der Waals surface area contributed by atoms with Crippen molar-refractivity contribution in [3.63, 3.8) is 0 Å². The molecule has 3 heteroatoms. The largest absolute Gasteiger partial charge is 0.456 e. The maximum Gasteiger partial charge on any atom is 0.209 e. The molecule has 2 nitrogen and oxygen atoms in total. The average Bonchev–Trinajstić information content (AvgIpc) is 1.82. The van der Waals surface area contributed by atoms with Crippen LogP contribution in [0.2, 0.25) is 0 Å². The van der Waals surface area contributed by atoms with Crippen molar-refractivity contribution in [2.75, 3.05) is 0 Å². The molecule has 0 amide bonds. The van der Waals surface area contributed by atoms with Crippen molar-refractivity contribution in [3.8, 4) is 0 Å². The fourth-order valence-corrected chi connectivity index (χ4v) is 1.07. The van der Waals surface area contributed by atoms with E-state index in [1.807, 2.05) is 0 Å². The van der Waals surface area contributed by atoms with Gasteiger partial charge in [-0.05, 0) is 22.0 Å². The Kier molecular flexibility index (Phi) is 1.33. The SMILES string of the molecule is CC1(O)CC=C(Br)O1. The highest BCUT2D eigenvalue weighted by Crippen LogP contribution is 2.27.